The smallest absolute Gasteiger partial charge is 0.323 e. The van der Waals surface area contributed by atoms with Gasteiger partial charge in [-0.3, -0.25) is 0 Å². The summed E-state index contributed by atoms with van der Waals surface area (Å²) in [7, 11) is 0. The number of urea groups is 1. The van der Waals surface area contributed by atoms with Gasteiger partial charge >= 0.3 is 6.03 Å². The summed E-state index contributed by atoms with van der Waals surface area (Å²) in [4.78, 5) is 14.3. The highest BCUT2D eigenvalue weighted by Crippen LogP contribution is 2.23. The maximum atomic E-state index is 13.7. The van der Waals surface area contributed by atoms with E-state index in [0.717, 1.165) is 42.7 Å². The Balaban J connectivity index is 1.44. The molecule has 7 nitrogen and oxygen atoms in total. The highest BCUT2D eigenvalue weighted by atomic mass is 19.1. The van der Waals surface area contributed by atoms with Crippen LogP contribution in [0.15, 0.2) is 54.6 Å². The molecule has 0 aliphatic carbocycles. The minimum absolute atomic E-state index is 0.242. The molecule has 1 saturated heterocycles. The Morgan fingerprint density at radius 3 is 2.57 bits per heavy atom. The summed E-state index contributed by atoms with van der Waals surface area (Å²) < 4.78 is 32.3. The van der Waals surface area contributed by atoms with Gasteiger partial charge in [0.15, 0.2) is 5.82 Å². The number of anilines is 3. The zero-order chi connectivity index (χ0) is 20.9. The van der Waals surface area contributed by atoms with Crippen LogP contribution in [0.4, 0.5) is 30.8 Å². The summed E-state index contributed by atoms with van der Waals surface area (Å²) in [6.45, 7) is 2.88. The first kappa shape index (κ1) is 19.7. The van der Waals surface area contributed by atoms with Crippen LogP contribution in [-0.2, 0) is 4.74 Å². The molecule has 2 N–H and O–H groups in total. The van der Waals surface area contributed by atoms with Crippen LogP contribution in [0.5, 0.6) is 0 Å². The summed E-state index contributed by atoms with van der Waals surface area (Å²) in [6, 6.07) is 12.9. The second-order valence-electron chi connectivity index (χ2n) is 6.66. The number of rotatable bonds is 4. The van der Waals surface area contributed by atoms with Gasteiger partial charge in [-0.1, -0.05) is 12.1 Å². The highest BCUT2D eigenvalue weighted by molar-refractivity contribution is 6.00. The van der Waals surface area contributed by atoms with E-state index in [9.17, 15) is 13.6 Å². The van der Waals surface area contributed by atoms with Crippen LogP contribution in [0.1, 0.15) is 0 Å². The fourth-order valence-corrected chi connectivity index (χ4v) is 3.07. The van der Waals surface area contributed by atoms with Gasteiger partial charge in [0.1, 0.15) is 11.6 Å². The average molecular weight is 411 g/mol. The maximum Gasteiger partial charge on any atom is 0.323 e. The second kappa shape index (κ2) is 8.83. The van der Waals surface area contributed by atoms with Gasteiger partial charge in [-0.25, -0.2) is 13.6 Å². The number of nitrogens with one attached hydrogen (secondary N) is 2. The molecule has 0 unspecified atom stereocenters. The summed E-state index contributed by atoms with van der Waals surface area (Å²) in [5, 5.41) is 13.5. The van der Waals surface area contributed by atoms with E-state index in [-0.39, 0.29) is 5.69 Å². The minimum atomic E-state index is -0.726. The van der Waals surface area contributed by atoms with Crippen molar-refractivity contribution in [2.75, 3.05) is 41.8 Å². The minimum Gasteiger partial charge on any atom is -0.378 e. The largest absolute Gasteiger partial charge is 0.378 e. The molecule has 4 rings (SSSR count). The van der Waals surface area contributed by atoms with E-state index in [1.807, 2.05) is 18.2 Å². The lowest BCUT2D eigenvalue weighted by molar-refractivity contribution is 0.122. The molecular weight excluding hydrogens is 392 g/mol. The van der Waals surface area contributed by atoms with Crippen LogP contribution in [0.2, 0.25) is 0 Å². The normalized spacial score (nSPS) is 13.7. The van der Waals surface area contributed by atoms with Crippen molar-refractivity contribution in [2.24, 2.45) is 0 Å². The van der Waals surface area contributed by atoms with E-state index in [1.165, 1.54) is 0 Å². The molecule has 154 valence electrons. The van der Waals surface area contributed by atoms with Gasteiger partial charge in [0.25, 0.3) is 0 Å². The number of ether oxygens (including phenoxy) is 1. The number of amides is 2. The van der Waals surface area contributed by atoms with Crippen LogP contribution in [0.3, 0.4) is 0 Å². The van der Waals surface area contributed by atoms with Crippen LogP contribution < -0.4 is 15.5 Å². The van der Waals surface area contributed by atoms with E-state index in [1.54, 1.807) is 18.2 Å². The van der Waals surface area contributed by atoms with E-state index in [4.69, 9.17) is 4.74 Å². The fourth-order valence-electron chi connectivity index (χ4n) is 3.07. The quantitative estimate of drug-likeness (QED) is 0.681. The molecule has 3 aromatic rings. The van der Waals surface area contributed by atoms with Crippen molar-refractivity contribution >= 4 is 23.2 Å². The lowest BCUT2D eigenvalue weighted by Crippen LogP contribution is -2.36. The fraction of sp³-hybridized carbons (Fsp3) is 0.190. The first-order chi connectivity index (χ1) is 14.6. The standard InChI is InChI=1S/C21H19F2N5O2/c22-15-4-5-17(23)19(13-15)25-21(29)24-16-3-1-2-14(12-16)18-6-7-20(27-26-18)28-8-10-30-11-9-28/h1-7,12-13H,8-11H2,(H2,24,25,29). The first-order valence-electron chi connectivity index (χ1n) is 9.38. The Morgan fingerprint density at radius 1 is 0.967 bits per heavy atom. The summed E-state index contributed by atoms with van der Waals surface area (Å²) in [5.41, 5.74) is 1.63. The molecule has 2 amide bonds. The molecule has 2 heterocycles. The third-order valence-electron chi connectivity index (χ3n) is 4.58. The molecule has 0 bridgehead atoms. The second-order valence-corrected chi connectivity index (χ2v) is 6.66. The number of morpholine rings is 1. The zero-order valence-electron chi connectivity index (χ0n) is 15.9. The molecule has 0 radical (unpaired) electrons. The van der Waals surface area contributed by atoms with Crippen molar-refractivity contribution < 1.29 is 18.3 Å². The average Bonchev–Trinajstić information content (AvgIpc) is 2.77. The van der Waals surface area contributed by atoms with Crippen molar-refractivity contribution in [1.29, 1.82) is 0 Å². The first-order valence-corrected chi connectivity index (χ1v) is 9.38. The van der Waals surface area contributed by atoms with E-state index in [0.29, 0.717) is 24.6 Å². The van der Waals surface area contributed by atoms with Gasteiger partial charge in [-0.2, -0.15) is 0 Å². The highest BCUT2D eigenvalue weighted by Gasteiger charge is 2.13. The topological polar surface area (TPSA) is 79.4 Å². The van der Waals surface area contributed by atoms with E-state index >= 15 is 0 Å². The monoisotopic (exact) mass is 411 g/mol. The molecule has 2 aromatic carbocycles. The Bertz CT molecular complexity index is 1040. The van der Waals surface area contributed by atoms with Gasteiger partial charge < -0.3 is 20.3 Å². The summed E-state index contributed by atoms with van der Waals surface area (Å²) >= 11 is 0. The molecule has 1 aliphatic heterocycles. The Hall–Kier alpha value is -3.59. The summed E-state index contributed by atoms with van der Waals surface area (Å²) in [6.07, 6.45) is 0. The van der Waals surface area contributed by atoms with Crippen molar-refractivity contribution in [3.05, 3.63) is 66.2 Å². The number of halogens is 2. The van der Waals surface area contributed by atoms with E-state index < -0.39 is 17.7 Å². The van der Waals surface area contributed by atoms with Gasteiger partial charge in [0.2, 0.25) is 0 Å². The molecule has 9 heteroatoms. The predicted octanol–water partition coefficient (Wildman–Crippen LogP) is 3.90. The Labute approximate surface area is 171 Å². The van der Waals surface area contributed by atoms with Gasteiger partial charge in [0.05, 0.1) is 24.6 Å². The number of carbonyl (C=O) groups is 1. The van der Waals surface area contributed by atoms with Crippen molar-refractivity contribution in [3.63, 3.8) is 0 Å². The van der Waals surface area contributed by atoms with Crippen LogP contribution in [0.25, 0.3) is 11.3 Å². The van der Waals surface area contributed by atoms with Crippen molar-refractivity contribution in [2.45, 2.75) is 0 Å². The maximum absolute atomic E-state index is 13.7. The molecule has 1 fully saturated rings. The third kappa shape index (κ3) is 4.69. The molecule has 1 aromatic heterocycles. The van der Waals surface area contributed by atoms with Crippen LogP contribution in [-0.4, -0.2) is 42.5 Å². The number of aromatic nitrogens is 2. The Kier molecular flexibility index (Phi) is 5.80. The molecule has 0 atom stereocenters. The van der Waals surface area contributed by atoms with E-state index in [2.05, 4.69) is 25.7 Å². The lowest BCUT2D eigenvalue weighted by atomic mass is 10.1. The zero-order valence-corrected chi connectivity index (χ0v) is 15.9. The van der Waals surface area contributed by atoms with Crippen molar-refractivity contribution in [3.8, 4) is 11.3 Å². The molecule has 0 saturated carbocycles. The summed E-state index contributed by atoms with van der Waals surface area (Å²) in [5.74, 6) is -0.587. The molecule has 0 spiro atoms. The number of nitrogens with zero attached hydrogens (tertiary/aromatic N) is 3. The number of carbonyl (C=O) groups excluding carboxylic acids is 1. The van der Waals surface area contributed by atoms with Gasteiger partial charge in [-0.15, -0.1) is 10.2 Å². The predicted molar refractivity (Wildman–Crippen MR) is 109 cm³/mol. The van der Waals surface area contributed by atoms with Gasteiger partial charge in [0, 0.05) is 30.4 Å². The number of hydrogen-bond donors (Lipinski definition) is 2. The molecular formula is C21H19F2N5O2. The third-order valence-corrected chi connectivity index (χ3v) is 4.58. The molecule has 30 heavy (non-hydrogen) atoms. The van der Waals surface area contributed by atoms with Gasteiger partial charge in [-0.05, 0) is 36.4 Å². The lowest BCUT2D eigenvalue weighted by Gasteiger charge is -2.27. The molecule has 1 aliphatic rings. The number of benzene rings is 2. The SMILES string of the molecule is O=C(Nc1cccc(-c2ccc(N3CCOCC3)nn2)c1)Nc1cc(F)ccc1F. The number of hydrogen-bond acceptors (Lipinski definition) is 5. The van der Waals surface area contributed by atoms with Crippen molar-refractivity contribution in [1.82, 2.24) is 10.2 Å². The van der Waals surface area contributed by atoms with Crippen LogP contribution >= 0.6 is 0 Å². The Morgan fingerprint density at radius 2 is 1.80 bits per heavy atom. The van der Waals surface area contributed by atoms with Crippen LogP contribution in [0, 0.1) is 11.6 Å².